The van der Waals surface area contributed by atoms with Crippen molar-refractivity contribution in [3.8, 4) is 5.69 Å². The lowest BCUT2D eigenvalue weighted by atomic mass is 9.88. The Labute approximate surface area is 180 Å². The number of hydrogen-bond acceptors (Lipinski definition) is 7. The Bertz CT molecular complexity index is 966. The van der Waals surface area contributed by atoms with Crippen LogP contribution in [0.3, 0.4) is 0 Å². The second-order valence-corrected chi connectivity index (χ2v) is 8.39. The van der Waals surface area contributed by atoms with Gasteiger partial charge in [0.1, 0.15) is 12.4 Å². The molecule has 10 nitrogen and oxygen atoms in total. The van der Waals surface area contributed by atoms with Crippen LogP contribution in [0.15, 0.2) is 29.6 Å². The monoisotopic (exact) mass is 433 g/mol. The number of rotatable bonds is 6. The smallest absolute Gasteiger partial charge is 0.260 e. The minimum Gasteiger partial charge on any atom is -0.350 e. The first-order valence-electron chi connectivity index (χ1n) is 10.1. The van der Waals surface area contributed by atoms with E-state index in [0.717, 1.165) is 5.01 Å². The van der Waals surface area contributed by atoms with E-state index >= 15 is 0 Å². The molecular formula is C19H25ClN8O2. The van der Waals surface area contributed by atoms with E-state index < -0.39 is 23.4 Å². The highest BCUT2D eigenvalue weighted by atomic mass is 35.5. The third kappa shape index (κ3) is 5.19. The number of nitrogens with one attached hydrogen (secondary N) is 1. The normalized spacial score (nSPS) is 17.7. The molecule has 30 heavy (non-hydrogen) atoms. The number of carbonyl (C=O) groups is 2. The predicted octanol–water partition coefficient (Wildman–Crippen LogP) is 1.28. The molecule has 2 amide bonds. The fourth-order valence-corrected chi connectivity index (χ4v) is 3.38. The molecule has 1 aliphatic rings. The Kier molecular flexibility index (Phi) is 6.05. The molecule has 0 saturated heterocycles. The van der Waals surface area contributed by atoms with Gasteiger partial charge in [0.25, 0.3) is 5.91 Å². The lowest BCUT2D eigenvalue weighted by Gasteiger charge is -2.27. The molecule has 160 valence electrons. The van der Waals surface area contributed by atoms with Crippen LogP contribution < -0.4 is 11.1 Å². The summed E-state index contributed by atoms with van der Waals surface area (Å²) in [6, 6.07) is 3.54. The average molecular weight is 434 g/mol. The molecule has 3 rings (SSSR count). The predicted molar refractivity (Wildman–Crippen MR) is 112 cm³/mol. The molecule has 11 heteroatoms. The zero-order valence-corrected chi connectivity index (χ0v) is 17.6. The number of tetrazole rings is 1. The van der Waals surface area contributed by atoms with Gasteiger partial charge in [0.05, 0.1) is 11.7 Å². The van der Waals surface area contributed by atoms with Crippen molar-refractivity contribution in [2.24, 2.45) is 16.3 Å². The summed E-state index contributed by atoms with van der Waals surface area (Å²) in [7, 11) is 0. The molecule has 0 fully saturated rings. The highest BCUT2D eigenvalue weighted by molar-refractivity contribution is 6.30. The number of amides is 2. The summed E-state index contributed by atoms with van der Waals surface area (Å²) in [5, 5.41) is 19.7. The van der Waals surface area contributed by atoms with Crippen molar-refractivity contribution in [1.29, 1.82) is 0 Å². The number of nitrogens with two attached hydrogens (primary N) is 1. The fraction of sp³-hybridized carbons (Fsp3) is 0.474. The molecule has 1 aromatic carbocycles. The summed E-state index contributed by atoms with van der Waals surface area (Å²) in [6.07, 6.45) is 3.59. The van der Waals surface area contributed by atoms with Crippen molar-refractivity contribution in [1.82, 2.24) is 30.5 Å². The maximum atomic E-state index is 12.8. The first kappa shape index (κ1) is 20.4. The van der Waals surface area contributed by atoms with Gasteiger partial charge >= 0.3 is 0 Å². The summed E-state index contributed by atoms with van der Waals surface area (Å²) in [6.45, 7) is 4.05. The molecule has 0 radical (unpaired) electrons. The molecule has 2 heterocycles. The van der Waals surface area contributed by atoms with Gasteiger partial charge in [-0.3, -0.25) is 9.59 Å². The molecular weight excluding hydrogens is 408 g/mol. The Morgan fingerprint density at radius 1 is 1.47 bits per heavy atom. The molecule has 0 spiro atoms. The molecule has 0 aliphatic carbocycles. The second kappa shape index (κ2) is 8.88. The molecule has 3 N–H and O–H groups in total. The number of halogens is 1. The third-order valence-electron chi connectivity index (χ3n) is 4.54. The van der Waals surface area contributed by atoms with Crippen LogP contribution in [0.25, 0.3) is 5.69 Å². The molecule has 1 aliphatic heterocycles. The maximum Gasteiger partial charge on any atom is 0.260 e. The highest BCUT2D eigenvalue weighted by Crippen LogP contribution is 2.23. The topological polar surface area (TPSA) is 131 Å². The number of benzene rings is 1. The van der Waals surface area contributed by atoms with Crippen LogP contribution in [-0.4, -0.2) is 55.3 Å². The van der Waals surface area contributed by atoms with Gasteiger partial charge < -0.3 is 11.1 Å². The van der Waals surface area contributed by atoms with Crippen LogP contribution in [-0.2, 0) is 16.1 Å². The van der Waals surface area contributed by atoms with Crippen molar-refractivity contribution in [2.75, 3.05) is 0 Å². The summed E-state index contributed by atoms with van der Waals surface area (Å²) in [5.74, 6) is -0.798. The van der Waals surface area contributed by atoms with E-state index in [4.69, 9.17) is 18.7 Å². The van der Waals surface area contributed by atoms with Gasteiger partial charge in [0.2, 0.25) is 5.91 Å². The molecule has 1 aromatic heterocycles. The van der Waals surface area contributed by atoms with Gasteiger partial charge in [-0.25, -0.2) is 9.69 Å². The molecule has 2 atom stereocenters. The average Bonchev–Trinajstić information content (AvgIpc) is 3.43. The summed E-state index contributed by atoms with van der Waals surface area (Å²) < 4.78 is 9.05. The quantitative estimate of drug-likeness (QED) is 0.705. The maximum absolute atomic E-state index is 12.8. The Hall–Kier alpha value is -2.85. The lowest BCUT2D eigenvalue weighted by molar-refractivity contribution is -0.141. The van der Waals surface area contributed by atoms with E-state index in [-0.39, 0.29) is 19.4 Å². The first-order valence-corrected chi connectivity index (χ1v) is 9.79. The Balaban J connectivity index is 1.67. The number of hydrazone groups is 1. The standard InChI is InChI=1S/C19H25ClN8O2/c1-19(2,3)9-14(21)18(30)28-16(6-7-24-28)17(29)22-10-12-8-13(20)4-5-15(12)27-11-23-25-26-27/h4-5,7-8,11,14,16H,6,9-10,21H2,1-3H3,(H,22,29)/t14-,16-/m0/s1/i1D. The van der Waals surface area contributed by atoms with Crippen LogP contribution in [0.1, 0.15) is 40.5 Å². The van der Waals surface area contributed by atoms with E-state index in [1.165, 1.54) is 17.2 Å². The van der Waals surface area contributed by atoms with Crippen LogP contribution in [0.4, 0.5) is 0 Å². The zero-order chi connectivity index (χ0) is 22.6. The largest absolute Gasteiger partial charge is 0.350 e. The highest BCUT2D eigenvalue weighted by Gasteiger charge is 2.36. The van der Waals surface area contributed by atoms with Gasteiger partial charge in [-0.15, -0.1) is 5.10 Å². The SMILES string of the molecule is [2H]CC(C)(C)C[C@H](N)C(=O)N1N=CC[C@H]1C(=O)NCc1cc(Cl)ccc1-n1cnnn1. The van der Waals surface area contributed by atoms with E-state index in [1.54, 1.807) is 18.2 Å². The minimum atomic E-state index is -0.842. The number of aromatic nitrogens is 4. The lowest BCUT2D eigenvalue weighted by Crippen LogP contribution is -2.50. The summed E-state index contributed by atoms with van der Waals surface area (Å²) >= 11 is 6.11. The van der Waals surface area contributed by atoms with Crippen molar-refractivity contribution < 1.29 is 11.0 Å². The Morgan fingerprint density at radius 3 is 2.97 bits per heavy atom. The van der Waals surface area contributed by atoms with E-state index in [1.807, 2.05) is 13.8 Å². The van der Waals surface area contributed by atoms with Crippen molar-refractivity contribution in [3.63, 3.8) is 0 Å². The third-order valence-corrected chi connectivity index (χ3v) is 4.77. The number of hydrogen-bond donors (Lipinski definition) is 2. The van der Waals surface area contributed by atoms with Gasteiger partial charge in [0.15, 0.2) is 0 Å². The van der Waals surface area contributed by atoms with Gasteiger partial charge in [0, 0.05) is 25.6 Å². The van der Waals surface area contributed by atoms with Crippen molar-refractivity contribution in [2.45, 2.75) is 52.2 Å². The zero-order valence-electron chi connectivity index (χ0n) is 17.8. The summed E-state index contributed by atoms with van der Waals surface area (Å²) in [4.78, 5) is 25.6. The first-order chi connectivity index (χ1) is 14.7. The van der Waals surface area contributed by atoms with Crippen molar-refractivity contribution in [3.05, 3.63) is 35.1 Å². The summed E-state index contributed by atoms with van der Waals surface area (Å²) in [5.41, 5.74) is 7.03. The second-order valence-electron chi connectivity index (χ2n) is 7.95. The van der Waals surface area contributed by atoms with E-state index in [0.29, 0.717) is 29.1 Å². The van der Waals surface area contributed by atoms with E-state index in [9.17, 15) is 9.59 Å². The van der Waals surface area contributed by atoms with Crippen LogP contribution >= 0.6 is 11.6 Å². The fourth-order valence-electron chi connectivity index (χ4n) is 3.19. The van der Waals surface area contributed by atoms with Crippen LogP contribution in [0.5, 0.6) is 0 Å². The van der Waals surface area contributed by atoms with Crippen LogP contribution in [0, 0.1) is 5.41 Å². The molecule has 2 aromatic rings. The molecule has 0 bridgehead atoms. The molecule has 0 unspecified atom stereocenters. The van der Waals surface area contributed by atoms with E-state index in [2.05, 4.69) is 25.9 Å². The van der Waals surface area contributed by atoms with Gasteiger partial charge in [-0.2, -0.15) is 5.10 Å². The van der Waals surface area contributed by atoms with Gasteiger partial charge in [-0.1, -0.05) is 32.3 Å². The number of carbonyl (C=O) groups excluding carboxylic acids is 2. The minimum absolute atomic E-state index is 0.143. The number of nitrogens with zero attached hydrogens (tertiary/aromatic N) is 6. The molecule has 0 saturated carbocycles. The Morgan fingerprint density at radius 2 is 2.27 bits per heavy atom. The van der Waals surface area contributed by atoms with Crippen LogP contribution in [0.2, 0.25) is 5.02 Å². The van der Waals surface area contributed by atoms with Crippen molar-refractivity contribution >= 4 is 29.6 Å². The van der Waals surface area contributed by atoms with Gasteiger partial charge in [-0.05, 0) is 46.0 Å².